The van der Waals surface area contributed by atoms with E-state index in [1.807, 2.05) is 22.7 Å². The number of fused-ring (bicyclic) bond motifs is 1. The van der Waals surface area contributed by atoms with Gasteiger partial charge >= 0.3 is 0 Å². The Bertz CT molecular complexity index is 408. The number of hydrogen-bond donors (Lipinski definition) is 1. The minimum absolute atomic E-state index is 0.872. The van der Waals surface area contributed by atoms with Gasteiger partial charge in [0.2, 0.25) is 0 Å². The van der Waals surface area contributed by atoms with Crippen LogP contribution in [0.15, 0.2) is 5.38 Å². The summed E-state index contributed by atoms with van der Waals surface area (Å²) in [7, 11) is 0. The first-order valence-electron chi connectivity index (χ1n) is 3.81. The van der Waals surface area contributed by atoms with Gasteiger partial charge in [-0.05, 0) is 30.4 Å². The molecule has 0 aliphatic rings. The van der Waals surface area contributed by atoms with Crippen molar-refractivity contribution in [3.63, 3.8) is 0 Å². The maximum Gasteiger partial charge on any atom is 0.0873 e. The lowest BCUT2D eigenvalue weighted by Crippen LogP contribution is -1.75. The third-order valence-corrected chi connectivity index (χ3v) is 5.14. The van der Waals surface area contributed by atoms with Gasteiger partial charge in [-0.25, -0.2) is 0 Å². The van der Waals surface area contributed by atoms with Crippen molar-refractivity contribution < 1.29 is 0 Å². The van der Waals surface area contributed by atoms with Gasteiger partial charge in [-0.15, -0.1) is 22.7 Å². The van der Waals surface area contributed by atoms with Crippen molar-refractivity contribution >= 4 is 44.7 Å². The third-order valence-electron chi connectivity index (χ3n) is 2.09. The molecular weight excluding hydrogens is 204 g/mol. The molecule has 0 radical (unpaired) electrons. The largest absolute Gasteiger partial charge is 0.174 e. The Morgan fingerprint density at radius 1 is 1.42 bits per heavy atom. The van der Waals surface area contributed by atoms with Crippen LogP contribution in [0.5, 0.6) is 0 Å². The Balaban J connectivity index is 2.80. The van der Waals surface area contributed by atoms with E-state index in [2.05, 4.69) is 31.9 Å². The summed E-state index contributed by atoms with van der Waals surface area (Å²) in [6, 6.07) is 0. The number of thiophene rings is 2. The monoisotopic (exact) mass is 214 g/mol. The molecule has 0 aliphatic heterocycles. The van der Waals surface area contributed by atoms with Crippen LogP contribution in [0.2, 0.25) is 0 Å². The second-order valence-corrected chi connectivity index (χ2v) is 5.45. The highest BCUT2D eigenvalue weighted by Crippen LogP contribution is 2.37. The standard InChI is InChI=1S/C9H10S3/c1-5-4-11-9-8(5)6(2)7(3-10)12-9/h4,10H,3H2,1-2H3. The minimum Gasteiger partial charge on any atom is -0.174 e. The molecule has 0 saturated carbocycles. The van der Waals surface area contributed by atoms with Gasteiger partial charge in [-0.3, -0.25) is 0 Å². The van der Waals surface area contributed by atoms with Crippen LogP contribution >= 0.6 is 35.3 Å². The number of aryl methyl sites for hydroxylation is 2. The fourth-order valence-electron chi connectivity index (χ4n) is 1.42. The molecule has 0 amide bonds. The average Bonchev–Trinajstić information content (AvgIpc) is 2.55. The SMILES string of the molecule is Cc1csc2sc(CS)c(C)c12. The molecule has 2 rings (SSSR count). The van der Waals surface area contributed by atoms with Crippen LogP contribution in [-0.4, -0.2) is 0 Å². The van der Waals surface area contributed by atoms with Gasteiger partial charge < -0.3 is 0 Å². The van der Waals surface area contributed by atoms with Gasteiger partial charge in [0.15, 0.2) is 0 Å². The Hall–Kier alpha value is 0.01000. The predicted octanol–water partition coefficient (Wildman–Crippen LogP) is 4.01. The van der Waals surface area contributed by atoms with E-state index in [1.54, 1.807) is 0 Å². The number of hydrogen-bond acceptors (Lipinski definition) is 3. The van der Waals surface area contributed by atoms with E-state index < -0.39 is 0 Å². The van der Waals surface area contributed by atoms with Crippen molar-refractivity contribution in [2.24, 2.45) is 0 Å². The third kappa shape index (κ3) is 1.11. The molecule has 2 aromatic rings. The molecule has 12 heavy (non-hydrogen) atoms. The first-order chi connectivity index (χ1) is 5.74. The molecule has 0 spiro atoms. The molecule has 0 aromatic carbocycles. The highest BCUT2D eigenvalue weighted by atomic mass is 32.2. The van der Waals surface area contributed by atoms with Crippen LogP contribution < -0.4 is 0 Å². The summed E-state index contributed by atoms with van der Waals surface area (Å²) in [5, 5.41) is 3.70. The fraction of sp³-hybridized carbons (Fsp3) is 0.333. The van der Waals surface area contributed by atoms with E-state index in [9.17, 15) is 0 Å². The summed E-state index contributed by atoms with van der Waals surface area (Å²) < 4.78 is 1.45. The normalized spacial score (nSPS) is 11.2. The second kappa shape index (κ2) is 3.05. The summed E-state index contributed by atoms with van der Waals surface area (Å²) in [5.41, 5.74) is 2.85. The summed E-state index contributed by atoms with van der Waals surface area (Å²) in [4.78, 5) is 1.42. The van der Waals surface area contributed by atoms with Crippen molar-refractivity contribution in [2.45, 2.75) is 19.6 Å². The Morgan fingerprint density at radius 3 is 2.75 bits per heavy atom. The molecule has 2 heterocycles. The van der Waals surface area contributed by atoms with E-state index in [0.717, 1.165) is 5.75 Å². The van der Waals surface area contributed by atoms with Crippen LogP contribution in [0.4, 0.5) is 0 Å². The van der Waals surface area contributed by atoms with Gasteiger partial charge in [0.25, 0.3) is 0 Å². The summed E-state index contributed by atoms with van der Waals surface area (Å²) in [6.45, 7) is 4.38. The molecule has 0 saturated heterocycles. The van der Waals surface area contributed by atoms with Crippen LogP contribution in [0, 0.1) is 13.8 Å². The Kier molecular flexibility index (Phi) is 2.19. The van der Waals surface area contributed by atoms with E-state index >= 15 is 0 Å². The summed E-state index contributed by atoms with van der Waals surface area (Å²) >= 11 is 8.05. The lowest BCUT2D eigenvalue weighted by atomic mass is 10.1. The molecule has 0 nitrogen and oxygen atoms in total. The van der Waals surface area contributed by atoms with Crippen LogP contribution in [-0.2, 0) is 5.75 Å². The Labute approximate surface area is 85.6 Å². The lowest BCUT2D eigenvalue weighted by molar-refractivity contribution is 1.42. The van der Waals surface area contributed by atoms with Crippen LogP contribution in [0.1, 0.15) is 16.0 Å². The molecule has 0 N–H and O–H groups in total. The molecule has 0 aliphatic carbocycles. The topological polar surface area (TPSA) is 0 Å². The van der Waals surface area contributed by atoms with Gasteiger partial charge in [-0.1, -0.05) is 0 Å². The van der Waals surface area contributed by atoms with Crippen molar-refractivity contribution in [3.8, 4) is 0 Å². The average molecular weight is 214 g/mol. The van der Waals surface area contributed by atoms with Gasteiger partial charge in [0.1, 0.15) is 0 Å². The molecule has 0 fully saturated rings. The molecular formula is C9H10S3. The molecule has 0 unspecified atom stereocenters. The maximum atomic E-state index is 4.31. The first kappa shape index (κ1) is 8.60. The van der Waals surface area contributed by atoms with E-state index in [0.29, 0.717) is 0 Å². The first-order valence-corrected chi connectivity index (χ1v) is 6.14. The highest BCUT2D eigenvalue weighted by molar-refractivity contribution is 7.79. The minimum atomic E-state index is 0.872. The fourth-order valence-corrected chi connectivity index (χ4v) is 4.29. The molecule has 2 aromatic heterocycles. The van der Waals surface area contributed by atoms with Crippen molar-refractivity contribution in [3.05, 3.63) is 21.4 Å². The Morgan fingerprint density at radius 2 is 2.17 bits per heavy atom. The predicted molar refractivity (Wildman–Crippen MR) is 61.9 cm³/mol. The van der Waals surface area contributed by atoms with E-state index in [1.165, 1.54) is 25.4 Å². The maximum absolute atomic E-state index is 4.31. The zero-order valence-electron chi connectivity index (χ0n) is 7.05. The van der Waals surface area contributed by atoms with Gasteiger partial charge in [-0.2, -0.15) is 12.6 Å². The van der Waals surface area contributed by atoms with E-state index in [-0.39, 0.29) is 0 Å². The van der Waals surface area contributed by atoms with Crippen molar-refractivity contribution in [1.29, 1.82) is 0 Å². The zero-order chi connectivity index (χ0) is 8.72. The lowest BCUT2D eigenvalue weighted by Gasteiger charge is -1.92. The van der Waals surface area contributed by atoms with Crippen LogP contribution in [0.3, 0.4) is 0 Å². The van der Waals surface area contributed by atoms with E-state index in [4.69, 9.17) is 0 Å². The highest BCUT2D eigenvalue weighted by Gasteiger charge is 2.10. The molecule has 3 heteroatoms. The summed E-state index contributed by atoms with van der Waals surface area (Å²) in [6.07, 6.45) is 0. The van der Waals surface area contributed by atoms with Crippen molar-refractivity contribution in [1.82, 2.24) is 0 Å². The molecule has 64 valence electrons. The second-order valence-electron chi connectivity index (χ2n) is 2.89. The molecule has 0 atom stereocenters. The number of rotatable bonds is 1. The number of thiol groups is 1. The zero-order valence-corrected chi connectivity index (χ0v) is 9.58. The van der Waals surface area contributed by atoms with Crippen LogP contribution in [0.25, 0.3) is 9.40 Å². The van der Waals surface area contributed by atoms with Crippen molar-refractivity contribution in [2.75, 3.05) is 0 Å². The summed E-state index contributed by atoms with van der Waals surface area (Å²) in [5.74, 6) is 0.872. The smallest absolute Gasteiger partial charge is 0.0873 e. The molecule has 0 bridgehead atoms. The van der Waals surface area contributed by atoms with Gasteiger partial charge in [0, 0.05) is 16.0 Å². The quantitative estimate of drug-likeness (QED) is 0.681. The van der Waals surface area contributed by atoms with Gasteiger partial charge in [0.05, 0.1) is 4.01 Å².